The molecule has 0 heterocycles. The van der Waals surface area contributed by atoms with E-state index in [4.69, 9.17) is 5.11 Å². The summed E-state index contributed by atoms with van der Waals surface area (Å²) in [6.45, 7) is -0.867. The Kier molecular flexibility index (Phi) is 9.73. The van der Waals surface area contributed by atoms with Crippen LogP contribution in [-0.2, 0) is 19.1 Å². The molecule has 1 aromatic rings. The smallest absolute Gasteiger partial charge is 0.305 e. The van der Waals surface area contributed by atoms with Crippen molar-refractivity contribution in [2.24, 2.45) is 0 Å². The molecule has 0 fully saturated rings. The molecule has 1 aromatic carbocycles. The van der Waals surface area contributed by atoms with Crippen molar-refractivity contribution in [3.05, 3.63) is 37.9 Å². The maximum atomic E-state index is 12.6. The monoisotopic (exact) mass is 526 g/mol. The van der Waals surface area contributed by atoms with Gasteiger partial charge in [0.15, 0.2) is 0 Å². The third-order valence-corrected chi connectivity index (χ3v) is 4.63. The van der Waals surface area contributed by atoms with Gasteiger partial charge in [-0.2, -0.15) is 8.42 Å². The molecule has 0 aromatic heterocycles. The van der Waals surface area contributed by atoms with E-state index in [1.54, 1.807) is 0 Å². The predicted molar refractivity (Wildman–Crippen MR) is 111 cm³/mol. The number of aliphatic carboxylic acids is 1. The quantitative estimate of drug-likeness (QED) is 0.160. The zero-order chi connectivity index (χ0) is 23.8. The second-order valence-electron chi connectivity index (χ2n) is 5.98. The Morgan fingerprint density at radius 3 is 2.35 bits per heavy atom. The zero-order valence-electron chi connectivity index (χ0n) is 16.1. The van der Waals surface area contributed by atoms with Crippen LogP contribution in [0.4, 0.5) is 17.1 Å². The Balaban J connectivity index is 3.51. The molecule has 0 unspecified atom stereocenters. The van der Waals surface area contributed by atoms with E-state index in [1.165, 1.54) is 4.90 Å². The predicted octanol–water partition coefficient (Wildman–Crippen LogP) is 0.885. The summed E-state index contributed by atoms with van der Waals surface area (Å²) < 4.78 is 27.1. The van der Waals surface area contributed by atoms with Gasteiger partial charge in [-0.15, -0.1) is 0 Å². The fourth-order valence-electron chi connectivity index (χ4n) is 2.47. The van der Waals surface area contributed by atoms with Crippen molar-refractivity contribution in [2.45, 2.75) is 6.42 Å². The van der Waals surface area contributed by atoms with Crippen molar-refractivity contribution in [2.75, 3.05) is 42.7 Å². The van der Waals surface area contributed by atoms with E-state index in [0.29, 0.717) is 6.07 Å². The summed E-state index contributed by atoms with van der Waals surface area (Å²) >= 11 is 3.15. The normalized spacial score (nSPS) is 11.0. The molecule has 0 aliphatic heterocycles. The molecular formula is C15H19BrN4O10S. The number of nitro benzene ring substituents is 2. The highest BCUT2D eigenvalue weighted by Gasteiger charge is 2.31. The number of amides is 1. The first-order valence-electron chi connectivity index (χ1n) is 8.49. The van der Waals surface area contributed by atoms with Crippen LogP contribution in [-0.4, -0.2) is 73.1 Å². The van der Waals surface area contributed by atoms with Gasteiger partial charge in [0.05, 0.1) is 40.8 Å². The first kappa shape index (κ1) is 26.2. The minimum atomic E-state index is -3.80. The molecular weight excluding hydrogens is 508 g/mol. The van der Waals surface area contributed by atoms with Crippen LogP contribution in [0, 0.1) is 20.2 Å². The number of alkyl halides is 1. The first-order valence-corrected chi connectivity index (χ1v) is 11.4. The van der Waals surface area contributed by atoms with Crippen molar-refractivity contribution in [3.8, 4) is 0 Å². The van der Waals surface area contributed by atoms with E-state index in [1.807, 2.05) is 0 Å². The Bertz CT molecular complexity index is 969. The lowest BCUT2D eigenvalue weighted by atomic mass is 10.1. The number of non-ortho nitro benzene ring substituents is 1. The molecule has 0 saturated heterocycles. The number of hydrogen-bond acceptors (Lipinski definition) is 10. The van der Waals surface area contributed by atoms with Crippen LogP contribution in [0.1, 0.15) is 16.8 Å². The fourth-order valence-corrected chi connectivity index (χ4v) is 3.27. The van der Waals surface area contributed by atoms with Gasteiger partial charge in [0.25, 0.3) is 27.4 Å². The second-order valence-corrected chi connectivity index (χ2v) is 8.41. The van der Waals surface area contributed by atoms with Crippen molar-refractivity contribution in [1.82, 2.24) is 5.32 Å². The molecule has 2 N–H and O–H groups in total. The van der Waals surface area contributed by atoms with E-state index >= 15 is 0 Å². The van der Waals surface area contributed by atoms with Gasteiger partial charge in [0, 0.05) is 31.0 Å². The number of halogens is 1. The number of rotatable bonds is 13. The summed E-state index contributed by atoms with van der Waals surface area (Å²) in [7, 11) is -3.80. The second kappa shape index (κ2) is 11.5. The first-order chi connectivity index (χ1) is 14.4. The lowest BCUT2D eigenvalue weighted by molar-refractivity contribution is -0.393. The van der Waals surface area contributed by atoms with Gasteiger partial charge >= 0.3 is 5.97 Å². The summed E-state index contributed by atoms with van der Waals surface area (Å²) in [5.74, 6) is -2.17. The number of nitrogens with one attached hydrogen (secondary N) is 1. The lowest BCUT2D eigenvalue weighted by Gasteiger charge is -2.25. The summed E-state index contributed by atoms with van der Waals surface area (Å²) in [5.41, 5.74) is -2.20. The Labute approximate surface area is 184 Å². The molecule has 0 saturated carbocycles. The number of benzene rings is 1. The number of carbonyl (C=O) groups is 2. The highest BCUT2D eigenvalue weighted by Crippen LogP contribution is 2.36. The van der Waals surface area contributed by atoms with Crippen LogP contribution in [0.3, 0.4) is 0 Å². The summed E-state index contributed by atoms with van der Waals surface area (Å²) in [6, 6.07) is 1.51. The van der Waals surface area contributed by atoms with Crippen molar-refractivity contribution >= 4 is 55.0 Å². The minimum Gasteiger partial charge on any atom is -0.481 e. The lowest BCUT2D eigenvalue weighted by Crippen LogP contribution is -2.34. The average molecular weight is 527 g/mol. The van der Waals surface area contributed by atoms with Crippen LogP contribution in [0.25, 0.3) is 0 Å². The standard InChI is InChI=1S/C15H19BrN4O10S/c1-31(28,29)30-7-6-18(5-3-16)14-11(15(23)17-4-2-13(21)22)8-10(19(24)25)9-12(14)20(26)27/h8-9H,2-7H2,1H3,(H,17,23)(H,21,22). The minimum absolute atomic E-state index is 0.0567. The number of carboxylic acid groups (broad SMARTS) is 1. The maximum Gasteiger partial charge on any atom is 0.305 e. The molecule has 0 radical (unpaired) electrons. The van der Waals surface area contributed by atoms with Gasteiger partial charge in [-0.1, -0.05) is 15.9 Å². The summed E-state index contributed by atoms with van der Waals surface area (Å²) in [4.78, 5) is 45.6. The SMILES string of the molecule is CS(=O)(=O)OCCN(CCBr)c1c(C(=O)NCCC(=O)O)cc([N+](=O)[O-])cc1[N+](=O)[O-]. The van der Waals surface area contributed by atoms with Crippen molar-refractivity contribution < 1.29 is 37.1 Å². The third-order valence-electron chi connectivity index (χ3n) is 3.68. The molecule has 0 aliphatic carbocycles. The fraction of sp³-hybridized carbons (Fsp3) is 0.467. The van der Waals surface area contributed by atoms with Crippen LogP contribution in [0.5, 0.6) is 0 Å². The third kappa shape index (κ3) is 8.42. The number of carbonyl (C=O) groups excluding carboxylic acids is 1. The molecule has 31 heavy (non-hydrogen) atoms. The van der Waals surface area contributed by atoms with E-state index in [-0.39, 0.29) is 30.7 Å². The van der Waals surface area contributed by atoms with Crippen LogP contribution >= 0.6 is 15.9 Å². The van der Waals surface area contributed by atoms with Crippen LogP contribution < -0.4 is 10.2 Å². The number of carboxylic acids is 1. The molecule has 172 valence electrons. The number of nitro groups is 2. The van der Waals surface area contributed by atoms with Crippen LogP contribution in [0.2, 0.25) is 0 Å². The van der Waals surface area contributed by atoms with E-state index < -0.39 is 61.8 Å². The molecule has 1 amide bonds. The molecule has 14 nitrogen and oxygen atoms in total. The van der Waals surface area contributed by atoms with Crippen molar-refractivity contribution in [3.63, 3.8) is 0 Å². The maximum absolute atomic E-state index is 12.6. The Morgan fingerprint density at radius 2 is 1.87 bits per heavy atom. The number of anilines is 1. The van der Waals surface area contributed by atoms with E-state index in [0.717, 1.165) is 12.3 Å². The molecule has 0 aliphatic rings. The van der Waals surface area contributed by atoms with Gasteiger partial charge in [-0.3, -0.25) is 34.0 Å². The zero-order valence-corrected chi connectivity index (χ0v) is 18.5. The summed E-state index contributed by atoms with van der Waals surface area (Å²) in [6.07, 6.45) is 0.378. The molecule has 0 bridgehead atoms. The number of nitrogens with zero attached hydrogens (tertiary/aromatic N) is 3. The van der Waals surface area contributed by atoms with Gasteiger partial charge in [0.1, 0.15) is 5.69 Å². The van der Waals surface area contributed by atoms with E-state index in [2.05, 4.69) is 25.4 Å². The largest absolute Gasteiger partial charge is 0.481 e. The molecule has 1 rings (SSSR count). The highest BCUT2D eigenvalue weighted by molar-refractivity contribution is 9.09. The van der Waals surface area contributed by atoms with Gasteiger partial charge < -0.3 is 15.3 Å². The number of hydrogen-bond donors (Lipinski definition) is 2. The van der Waals surface area contributed by atoms with Gasteiger partial charge in [-0.25, -0.2) is 0 Å². The highest BCUT2D eigenvalue weighted by atomic mass is 79.9. The molecule has 0 atom stereocenters. The van der Waals surface area contributed by atoms with E-state index in [9.17, 15) is 38.2 Å². The van der Waals surface area contributed by atoms with Gasteiger partial charge in [-0.05, 0) is 0 Å². The average Bonchev–Trinajstić information content (AvgIpc) is 2.64. The van der Waals surface area contributed by atoms with Crippen molar-refractivity contribution in [1.29, 1.82) is 0 Å². The Morgan fingerprint density at radius 1 is 1.23 bits per heavy atom. The Hall–Kier alpha value is -2.85. The molecule has 16 heteroatoms. The summed E-state index contributed by atoms with van der Waals surface area (Å²) in [5, 5.41) is 34.0. The molecule has 0 spiro atoms. The van der Waals surface area contributed by atoms with Crippen LogP contribution in [0.15, 0.2) is 12.1 Å². The van der Waals surface area contributed by atoms with Gasteiger partial charge in [0.2, 0.25) is 0 Å². The topological polar surface area (TPSA) is 199 Å².